The fourth-order valence-corrected chi connectivity index (χ4v) is 2.59. The summed E-state index contributed by atoms with van der Waals surface area (Å²) in [5.74, 6) is -0.178. The molecule has 3 rings (SSSR count). The van der Waals surface area contributed by atoms with Gasteiger partial charge in [0.25, 0.3) is 0 Å². The number of carbonyl (C=O) groups is 1. The van der Waals surface area contributed by atoms with E-state index in [0.29, 0.717) is 12.8 Å². The number of aryl methyl sites for hydroxylation is 1. The number of esters is 1. The van der Waals surface area contributed by atoms with Gasteiger partial charge in [0.2, 0.25) is 0 Å². The average molecular weight is 305 g/mol. The van der Waals surface area contributed by atoms with Crippen LogP contribution in [0.5, 0.6) is 0 Å². The molecular weight excluding hydrogens is 286 g/mol. The van der Waals surface area contributed by atoms with Crippen LogP contribution in [0.2, 0.25) is 0 Å². The second-order valence-electron chi connectivity index (χ2n) is 5.42. The molecule has 23 heavy (non-hydrogen) atoms. The number of anilines is 2. The Morgan fingerprint density at radius 1 is 0.957 bits per heavy atom. The van der Waals surface area contributed by atoms with E-state index in [1.807, 2.05) is 36.4 Å². The molecule has 0 aliphatic rings. The Morgan fingerprint density at radius 2 is 1.70 bits per heavy atom. The first-order valence-corrected chi connectivity index (χ1v) is 7.67. The number of rotatable bonds is 5. The first-order chi connectivity index (χ1) is 11.3. The number of ether oxygens (including phenoxy) is 1. The Morgan fingerprint density at radius 3 is 2.48 bits per heavy atom. The summed E-state index contributed by atoms with van der Waals surface area (Å²) in [4.78, 5) is 11.2. The lowest BCUT2D eigenvalue weighted by molar-refractivity contribution is -0.140. The largest absolute Gasteiger partial charge is 0.469 e. The van der Waals surface area contributed by atoms with Gasteiger partial charge in [0.15, 0.2) is 0 Å². The van der Waals surface area contributed by atoms with Gasteiger partial charge in [0.1, 0.15) is 0 Å². The van der Waals surface area contributed by atoms with Crippen LogP contribution in [-0.4, -0.2) is 13.1 Å². The molecule has 3 aromatic rings. The summed E-state index contributed by atoms with van der Waals surface area (Å²) in [6.45, 7) is 0. The fraction of sp³-hybridized carbons (Fsp3) is 0.150. The highest BCUT2D eigenvalue weighted by Crippen LogP contribution is 2.26. The zero-order chi connectivity index (χ0) is 16.1. The van der Waals surface area contributed by atoms with Gasteiger partial charge in [0.05, 0.1) is 7.11 Å². The highest BCUT2D eigenvalue weighted by atomic mass is 16.5. The van der Waals surface area contributed by atoms with Gasteiger partial charge in [0, 0.05) is 23.2 Å². The van der Waals surface area contributed by atoms with Gasteiger partial charge in [-0.1, -0.05) is 48.5 Å². The normalized spacial score (nSPS) is 10.5. The smallest absolute Gasteiger partial charge is 0.305 e. The molecule has 0 fully saturated rings. The number of benzene rings is 3. The summed E-state index contributed by atoms with van der Waals surface area (Å²) in [5, 5.41) is 5.87. The third-order valence-electron chi connectivity index (χ3n) is 3.87. The fourth-order valence-electron chi connectivity index (χ4n) is 2.59. The van der Waals surface area contributed by atoms with E-state index in [1.165, 1.54) is 17.9 Å². The van der Waals surface area contributed by atoms with Crippen LogP contribution in [0, 0.1) is 0 Å². The minimum Gasteiger partial charge on any atom is -0.469 e. The molecule has 0 aromatic heterocycles. The number of fused-ring (bicyclic) bond motifs is 1. The Bertz CT molecular complexity index is 804. The molecule has 0 aliphatic carbocycles. The average Bonchev–Trinajstić information content (AvgIpc) is 2.61. The Balaban J connectivity index is 1.74. The number of nitrogens with one attached hydrogen (secondary N) is 1. The van der Waals surface area contributed by atoms with Crippen LogP contribution < -0.4 is 5.32 Å². The molecule has 1 N–H and O–H groups in total. The number of carbonyl (C=O) groups excluding carboxylic acids is 1. The summed E-state index contributed by atoms with van der Waals surface area (Å²) < 4.78 is 4.66. The second-order valence-corrected chi connectivity index (χ2v) is 5.42. The summed E-state index contributed by atoms with van der Waals surface area (Å²) >= 11 is 0. The predicted octanol–water partition coefficient (Wildman–Crippen LogP) is 4.69. The molecule has 3 nitrogen and oxygen atoms in total. The molecule has 3 aromatic carbocycles. The van der Waals surface area contributed by atoms with Crippen LogP contribution in [0.15, 0.2) is 66.7 Å². The molecule has 0 radical (unpaired) electrons. The van der Waals surface area contributed by atoms with Crippen LogP contribution >= 0.6 is 0 Å². The SMILES string of the molecule is COC(=O)CCc1ccc(Nc2cccc3ccccc23)cc1. The third kappa shape index (κ3) is 3.69. The summed E-state index contributed by atoms with van der Waals surface area (Å²) in [6, 6.07) is 22.7. The minimum atomic E-state index is -0.178. The summed E-state index contributed by atoms with van der Waals surface area (Å²) in [7, 11) is 1.42. The lowest BCUT2D eigenvalue weighted by atomic mass is 10.1. The highest BCUT2D eigenvalue weighted by Gasteiger charge is 2.03. The zero-order valence-corrected chi connectivity index (χ0v) is 13.1. The van der Waals surface area contributed by atoms with Crippen molar-refractivity contribution in [2.45, 2.75) is 12.8 Å². The van der Waals surface area contributed by atoms with Crippen molar-refractivity contribution in [3.05, 3.63) is 72.3 Å². The van der Waals surface area contributed by atoms with E-state index < -0.39 is 0 Å². The van der Waals surface area contributed by atoms with Crippen molar-refractivity contribution >= 4 is 28.1 Å². The second kappa shape index (κ2) is 6.97. The Hall–Kier alpha value is -2.81. The highest BCUT2D eigenvalue weighted by molar-refractivity contribution is 5.95. The Kier molecular flexibility index (Phi) is 4.57. The maximum atomic E-state index is 11.2. The third-order valence-corrected chi connectivity index (χ3v) is 3.87. The van der Waals surface area contributed by atoms with E-state index >= 15 is 0 Å². The van der Waals surface area contributed by atoms with Crippen LogP contribution in [0.1, 0.15) is 12.0 Å². The van der Waals surface area contributed by atoms with Crippen molar-refractivity contribution in [1.29, 1.82) is 0 Å². The van der Waals surface area contributed by atoms with Crippen LogP contribution in [0.25, 0.3) is 10.8 Å². The van der Waals surface area contributed by atoms with Crippen molar-refractivity contribution in [2.24, 2.45) is 0 Å². The molecule has 0 spiro atoms. The molecule has 3 heteroatoms. The van der Waals surface area contributed by atoms with Gasteiger partial charge in [-0.3, -0.25) is 4.79 Å². The molecule has 0 saturated heterocycles. The molecular formula is C20H19NO2. The number of methoxy groups -OCH3 is 1. The topological polar surface area (TPSA) is 38.3 Å². The minimum absolute atomic E-state index is 0.178. The van der Waals surface area contributed by atoms with Gasteiger partial charge < -0.3 is 10.1 Å². The molecule has 0 unspecified atom stereocenters. The molecule has 0 bridgehead atoms. The lowest BCUT2D eigenvalue weighted by Gasteiger charge is -2.10. The number of hydrogen-bond acceptors (Lipinski definition) is 3. The molecule has 0 atom stereocenters. The monoisotopic (exact) mass is 305 g/mol. The van der Waals surface area contributed by atoms with Crippen LogP contribution in [0.4, 0.5) is 11.4 Å². The maximum Gasteiger partial charge on any atom is 0.305 e. The van der Waals surface area contributed by atoms with Crippen molar-refractivity contribution in [3.63, 3.8) is 0 Å². The van der Waals surface area contributed by atoms with E-state index in [-0.39, 0.29) is 5.97 Å². The summed E-state index contributed by atoms with van der Waals surface area (Å²) in [6.07, 6.45) is 1.10. The molecule has 116 valence electrons. The molecule has 0 heterocycles. The standard InChI is InChI=1S/C20H19NO2/c1-23-20(22)14-11-15-9-12-17(13-10-15)21-19-8-4-6-16-5-2-3-7-18(16)19/h2-10,12-13,21H,11,14H2,1H3. The van der Waals surface area contributed by atoms with E-state index in [2.05, 4.69) is 40.4 Å². The van der Waals surface area contributed by atoms with E-state index in [4.69, 9.17) is 0 Å². The molecule has 0 amide bonds. The summed E-state index contributed by atoms with van der Waals surface area (Å²) in [5.41, 5.74) is 3.24. The van der Waals surface area contributed by atoms with Crippen molar-refractivity contribution in [2.75, 3.05) is 12.4 Å². The van der Waals surface area contributed by atoms with Crippen molar-refractivity contribution in [1.82, 2.24) is 0 Å². The lowest BCUT2D eigenvalue weighted by Crippen LogP contribution is -2.01. The Labute approximate surface area is 135 Å². The van der Waals surface area contributed by atoms with Crippen LogP contribution in [0.3, 0.4) is 0 Å². The number of hydrogen-bond donors (Lipinski definition) is 1. The van der Waals surface area contributed by atoms with Gasteiger partial charge in [-0.05, 0) is 35.6 Å². The van der Waals surface area contributed by atoms with Gasteiger partial charge in [-0.15, -0.1) is 0 Å². The first-order valence-electron chi connectivity index (χ1n) is 7.67. The zero-order valence-electron chi connectivity index (χ0n) is 13.1. The molecule has 0 aliphatic heterocycles. The quantitative estimate of drug-likeness (QED) is 0.695. The van der Waals surface area contributed by atoms with Crippen molar-refractivity contribution in [3.8, 4) is 0 Å². The van der Waals surface area contributed by atoms with Crippen LogP contribution in [-0.2, 0) is 16.0 Å². The maximum absolute atomic E-state index is 11.2. The first kappa shape index (κ1) is 15.1. The van der Waals surface area contributed by atoms with Gasteiger partial charge in [-0.2, -0.15) is 0 Å². The van der Waals surface area contributed by atoms with E-state index in [0.717, 1.165) is 16.9 Å². The molecule has 0 saturated carbocycles. The van der Waals surface area contributed by atoms with E-state index in [9.17, 15) is 4.79 Å². The van der Waals surface area contributed by atoms with Crippen molar-refractivity contribution < 1.29 is 9.53 Å². The predicted molar refractivity (Wildman–Crippen MR) is 94.0 cm³/mol. The van der Waals surface area contributed by atoms with Gasteiger partial charge >= 0.3 is 5.97 Å². The van der Waals surface area contributed by atoms with Gasteiger partial charge in [-0.25, -0.2) is 0 Å². The van der Waals surface area contributed by atoms with E-state index in [1.54, 1.807) is 0 Å².